The molecule has 3 N–H and O–H groups in total. The topological polar surface area (TPSA) is 88.0 Å². The number of ether oxygens (including phenoxy) is 2. The molecule has 1 amide bonds. The van der Waals surface area contributed by atoms with Crippen molar-refractivity contribution in [3.63, 3.8) is 0 Å². The van der Waals surface area contributed by atoms with E-state index in [0.29, 0.717) is 13.0 Å². The van der Waals surface area contributed by atoms with Gasteiger partial charge in [-0.3, -0.25) is 4.79 Å². The number of hydrogen-bond donors (Lipinski definition) is 3. The lowest BCUT2D eigenvalue weighted by molar-refractivity contribution is -0.273. The van der Waals surface area contributed by atoms with E-state index in [-0.39, 0.29) is 6.61 Å². The van der Waals surface area contributed by atoms with Gasteiger partial charge in [-0.15, -0.1) is 6.58 Å². The number of carbonyl (C=O) groups is 1. The number of nitrogens with one attached hydrogen (secondary N) is 1. The zero-order valence-electron chi connectivity index (χ0n) is 9.78. The van der Waals surface area contributed by atoms with Crippen LogP contribution in [0.5, 0.6) is 0 Å². The predicted octanol–water partition coefficient (Wildman–Crippen LogP) is -0.982. The minimum absolute atomic E-state index is 0.229. The normalized spacial score (nSPS) is 37.5. The van der Waals surface area contributed by atoms with Crippen LogP contribution in [0.15, 0.2) is 12.7 Å². The number of carbonyl (C=O) groups excluding carboxylic acids is 1. The minimum Gasteiger partial charge on any atom is -0.390 e. The quantitative estimate of drug-likeness (QED) is 0.318. The predicted molar refractivity (Wildman–Crippen MR) is 60.1 cm³/mol. The Morgan fingerprint density at radius 3 is 2.76 bits per heavy atom. The maximum atomic E-state index is 10.0. The molecule has 0 unspecified atom stereocenters. The third-order valence-electron chi connectivity index (χ3n) is 2.78. The number of aliphatic hydroxyl groups is 2. The highest BCUT2D eigenvalue weighted by Crippen LogP contribution is 2.27. The van der Waals surface area contributed by atoms with E-state index in [1.165, 1.54) is 6.08 Å². The van der Waals surface area contributed by atoms with Gasteiger partial charge in [0.25, 0.3) is 0 Å². The Morgan fingerprint density at radius 1 is 1.47 bits per heavy atom. The number of amides is 1. The summed E-state index contributed by atoms with van der Waals surface area (Å²) in [5.74, 6) is -0.484. The van der Waals surface area contributed by atoms with Crippen LogP contribution in [0.4, 0.5) is 0 Å². The summed E-state index contributed by atoms with van der Waals surface area (Å²) in [5.41, 5.74) is 0. The zero-order chi connectivity index (χ0) is 12.8. The van der Waals surface area contributed by atoms with Crippen LogP contribution in [-0.4, -0.2) is 54.4 Å². The molecule has 6 heteroatoms. The SMILES string of the molecule is C=C[C@H]1[C@H](O)[C@H](OCCNC=O)O[C@@H](C)[C@H]1O. The average Bonchev–Trinajstić information content (AvgIpc) is 2.32. The van der Waals surface area contributed by atoms with E-state index in [2.05, 4.69) is 11.9 Å². The summed E-state index contributed by atoms with van der Waals surface area (Å²) in [6.07, 6.45) is -0.949. The maximum absolute atomic E-state index is 10.0. The highest BCUT2D eigenvalue weighted by molar-refractivity contribution is 5.45. The van der Waals surface area contributed by atoms with E-state index in [0.717, 1.165) is 0 Å². The van der Waals surface area contributed by atoms with Gasteiger partial charge < -0.3 is 25.0 Å². The van der Waals surface area contributed by atoms with Gasteiger partial charge in [0.15, 0.2) is 6.29 Å². The molecule has 17 heavy (non-hydrogen) atoms. The maximum Gasteiger partial charge on any atom is 0.207 e. The van der Waals surface area contributed by atoms with Gasteiger partial charge in [-0.05, 0) is 6.92 Å². The molecule has 1 fully saturated rings. The van der Waals surface area contributed by atoms with Gasteiger partial charge in [-0.25, -0.2) is 0 Å². The molecule has 5 atom stereocenters. The zero-order valence-corrected chi connectivity index (χ0v) is 9.78. The Balaban J connectivity index is 2.48. The first kappa shape index (κ1) is 14.1. The molecule has 0 aromatic carbocycles. The van der Waals surface area contributed by atoms with Gasteiger partial charge in [0.05, 0.1) is 18.8 Å². The number of aliphatic hydroxyl groups excluding tert-OH is 2. The molecule has 0 aromatic rings. The van der Waals surface area contributed by atoms with Crippen molar-refractivity contribution in [3.05, 3.63) is 12.7 Å². The largest absolute Gasteiger partial charge is 0.390 e. The van der Waals surface area contributed by atoms with Crippen molar-refractivity contribution in [2.45, 2.75) is 31.5 Å². The van der Waals surface area contributed by atoms with Crippen molar-refractivity contribution >= 4 is 6.41 Å². The third-order valence-corrected chi connectivity index (χ3v) is 2.78. The monoisotopic (exact) mass is 245 g/mol. The Bertz CT molecular complexity index is 260. The first-order valence-corrected chi connectivity index (χ1v) is 5.54. The van der Waals surface area contributed by atoms with Crippen LogP contribution in [0.25, 0.3) is 0 Å². The van der Waals surface area contributed by atoms with Crippen molar-refractivity contribution in [1.29, 1.82) is 0 Å². The first-order valence-electron chi connectivity index (χ1n) is 5.54. The summed E-state index contributed by atoms with van der Waals surface area (Å²) in [7, 11) is 0. The molecule has 0 spiro atoms. The molecule has 0 bridgehead atoms. The van der Waals surface area contributed by atoms with E-state index < -0.39 is 30.5 Å². The molecule has 0 saturated carbocycles. The second-order valence-electron chi connectivity index (χ2n) is 3.95. The number of hydrogen-bond acceptors (Lipinski definition) is 5. The summed E-state index contributed by atoms with van der Waals surface area (Å²) in [4.78, 5) is 10.0. The molecule has 98 valence electrons. The van der Waals surface area contributed by atoms with Crippen molar-refractivity contribution in [2.24, 2.45) is 5.92 Å². The highest BCUT2D eigenvalue weighted by atomic mass is 16.7. The molecule has 1 heterocycles. The molecular weight excluding hydrogens is 226 g/mol. The Labute approximate surface area is 100 Å². The average molecular weight is 245 g/mol. The fraction of sp³-hybridized carbons (Fsp3) is 0.727. The van der Waals surface area contributed by atoms with E-state index >= 15 is 0 Å². The summed E-state index contributed by atoms with van der Waals surface area (Å²) >= 11 is 0. The van der Waals surface area contributed by atoms with Crippen LogP contribution in [0.1, 0.15) is 6.92 Å². The van der Waals surface area contributed by atoms with Crippen LogP contribution >= 0.6 is 0 Å². The van der Waals surface area contributed by atoms with Gasteiger partial charge in [0.2, 0.25) is 6.41 Å². The lowest BCUT2D eigenvalue weighted by atomic mass is 9.90. The standard InChI is InChI=1S/C11H19NO5/c1-3-8-9(14)7(2)17-11(10(8)15)16-5-4-12-6-13/h3,6-11,14-15H,1,4-5H2,2H3,(H,12,13)/t7-,8+,9+,10-,11+/m0/s1. The van der Waals surface area contributed by atoms with Crippen LogP contribution < -0.4 is 5.32 Å². The van der Waals surface area contributed by atoms with Crippen LogP contribution in [-0.2, 0) is 14.3 Å². The van der Waals surface area contributed by atoms with Gasteiger partial charge in [0.1, 0.15) is 6.10 Å². The van der Waals surface area contributed by atoms with Crippen LogP contribution in [0.2, 0.25) is 0 Å². The fourth-order valence-corrected chi connectivity index (χ4v) is 1.78. The Hall–Kier alpha value is -0.950. The molecule has 1 aliphatic heterocycles. The van der Waals surface area contributed by atoms with Gasteiger partial charge in [-0.1, -0.05) is 6.08 Å². The summed E-state index contributed by atoms with van der Waals surface area (Å²) in [6, 6.07) is 0. The molecule has 1 rings (SSSR count). The summed E-state index contributed by atoms with van der Waals surface area (Å²) in [6.45, 7) is 5.84. The molecular formula is C11H19NO5. The lowest BCUT2D eigenvalue weighted by Gasteiger charge is -2.40. The van der Waals surface area contributed by atoms with Gasteiger partial charge in [-0.2, -0.15) is 0 Å². The highest BCUT2D eigenvalue weighted by Gasteiger charge is 2.41. The van der Waals surface area contributed by atoms with Gasteiger partial charge in [0, 0.05) is 12.5 Å². The van der Waals surface area contributed by atoms with E-state index in [4.69, 9.17) is 9.47 Å². The summed E-state index contributed by atoms with van der Waals surface area (Å²) in [5, 5.41) is 22.1. The Morgan fingerprint density at radius 2 is 2.18 bits per heavy atom. The molecule has 1 aliphatic rings. The smallest absolute Gasteiger partial charge is 0.207 e. The van der Waals surface area contributed by atoms with Crippen molar-refractivity contribution < 1.29 is 24.5 Å². The number of rotatable bonds is 6. The molecule has 0 radical (unpaired) electrons. The van der Waals surface area contributed by atoms with E-state index in [9.17, 15) is 15.0 Å². The molecule has 1 saturated heterocycles. The third kappa shape index (κ3) is 3.50. The summed E-state index contributed by atoms with van der Waals surface area (Å²) < 4.78 is 10.6. The van der Waals surface area contributed by atoms with Gasteiger partial charge >= 0.3 is 0 Å². The molecule has 6 nitrogen and oxygen atoms in total. The van der Waals surface area contributed by atoms with Crippen LogP contribution in [0.3, 0.4) is 0 Å². The second-order valence-corrected chi connectivity index (χ2v) is 3.95. The Kier molecular flexibility index (Phi) is 5.57. The minimum atomic E-state index is -0.963. The second kappa shape index (κ2) is 6.70. The first-order chi connectivity index (χ1) is 8.11. The molecule has 0 aromatic heterocycles. The van der Waals surface area contributed by atoms with E-state index in [1.807, 2.05) is 0 Å². The van der Waals surface area contributed by atoms with E-state index in [1.54, 1.807) is 6.92 Å². The fourth-order valence-electron chi connectivity index (χ4n) is 1.78. The lowest BCUT2D eigenvalue weighted by Crippen LogP contribution is -2.53. The van der Waals surface area contributed by atoms with Crippen molar-refractivity contribution in [3.8, 4) is 0 Å². The van der Waals surface area contributed by atoms with Crippen LogP contribution in [0, 0.1) is 5.92 Å². The van der Waals surface area contributed by atoms with Crippen molar-refractivity contribution in [1.82, 2.24) is 5.32 Å². The van der Waals surface area contributed by atoms with Crippen molar-refractivity contribution in [2.75, 3.05) is 13.2 Å². The molecule has 0 aliphatic carbocycles.